The minimum absolute atomic E-state index is 0.0712. The summed E-state index contributed by atoms with van der Waals surface area (Å²) in [5.41, 5.74) is 4.41. The number of hydrogen-bond donors (Lipinski definition) is 1. The number of fused-ring (bicyclic) bond motifs is 1. The fourth-order valence-electron chi connectivity index (χ4n) is 3.22. The van der Waals surface area contributed by atoms with Gasteiger partial charge in [-0.3, -0.25) is 9.79 Å². The molecule has 3 aromatic carbocycles. The lowest BCUT2D eigenvalue weighted by atomic mass is 10.1. The van der Waals surface area contributed by atoms with Gasteiger partial charge in [-0.25, -0.2) is 4.99 Å². The maximum absolute atomic E-state index is 12.4. The van der Waals surface area contributed by atoms with Crippen molar-refractivity contribution in [3.63, 3.8) is 0 Å². The topological polar surface area (TPSA) is 63.1 Å². The zero-order valence-corrected chi connectivity index (χ0v) is 19.1. The van der Waals surface area contributed by atoms with Crippen LogP contribution in [0.25, 0.3) is 0 Å². The van der Waals surface area contributed by atoms with Crippen molar-refractivity contribution >= 4 is 51.4 Å². The van der Waals surface area contributed by atoms with Crippen LogP contribution in [0.2, 0.25) is 5.02 Å². The maximum atomic E-state index is 12.4. The standard InChI is InChI=1S/C25H22ClN3O2S/c1-31-19-12-10-17(11-13-19)23-14-25(29-22-9-5-4-8-21(22)28-23)32-16-24(30)27-15-18-6-2-3-7-20(18)26/h2-13H,14-16H2,1H3,(H,27,30). The number of benzene rings is 3. The molecule has 0 aliphatic carbocycles. The smallest absolute Gasteiger partial charge is 0.230 e. The van der Waals surface area contributed by atoms with Crippen LogP contribution in [0.15, 0.2) is 82.8 Å². The zero-order chi connectivity index (χ0) is 22.3. The molecule has 0 unspecified atom stereocenters. The van der Waals surface area contributed by atoms with Gasteiger partial charge in [-0.2, -0.15) is 0 Å². The lowest BCUT2D eigenvalue weighted by Crippen LogP contribution is -2.25. The van der Waals surface area contributed by atoms with Crippen LogP contribution in [0.3, 0.4) is 0 Å². The third-order valence-electron chi connectivity index (χ3n) is 4.93. The summed E-state index contributed by atoms with van der Waals surface area (Å²) < 4.78 is 5.27. The highest BCUT2D eigenvalue weighted by molar-refractivity contribution is 8.14. The largest absolute Gasteiger partial charge is 0.497 e. The van der Waals surface area contributed by atoms with Crippen LogP contribution < -0.4 is 10.1 Å². The number of rotatable bonds is 6. The van der Waals surface area contributed by atoms with Gasteiger partial charge in [-0.15, -0.1) is 11.8 Å². The van der Waals surface area contributed by atoms with E-state index in [0.717, 1.165) is 39.0 Å². The Kier molecular flexibility index (Phi) is 7.24. The molecule has 1 aliphatic rings. The highest BCUT2D eigenvalue weighted by atomic mass is 35.5. The van der Waals surface area contributed by atoms with E-state index in [1.807, 2.05) is 72.8 Å². The van der Waals surface area contributed by atoms with Gasteiger partial charge in [0.1, 0.15) is 5.75 Å². The van der Waals surface area contributed by atoms with E-state index in [4.69, 9.17) is 26.3 Å². The SMILES string of the molecule is COc1ccc(C2=Nc3ccccc3N=C(SCC(=O)NCc3ccccc3Cl)C2)cc1. The van der Waals surface area contributed by atoms with Crippen molar-refractivity contribution in [3.8, 4) is 5.75 Å². The molecule has 0 aromatic heterocycles. The third kappa shape index (κ3) is 5.58. The number of ether oxygens (including phenoxy) is 1. The molecule has 1 amide bonds. The van der Waals surface area contributed by atoms with Crippen LogP contribution in [0, 0.1) is 0 Å². The quantitative estimate of drug-likeness (QED) is 0.491. The number of amides is 1. The molecule has 5 nitrogen and oxygen atoms in total. The molecule has 0 spiro atoms. The van der Waals surface area contributed by atoms with E-state index in [-0.39, 0.29) is 11.7 Å². The van der Waals surface area contributed by atoms with E-state index in [1.54, 1.807) is 7.11 Å². The molecule has 0 radical (unpaired) electrons. The summed E-state index contributed by atoms with van der Waals surface area (Å²) in [4.78, 5) is 22.1. The molecule has 0 atom stereocenters. The number of carbonyl (C=O) groups is 1. The second-order valence-corrected chi connectivity index (χ2v) is 8.57. The van der Waals surface area contributed by atoms with E-state index >= 15 is 0 Å². The first-order valence-corrected chi connectivity index (χ1v) is 11.5. The number of para-hydroxylation sites is 2. The Labute approximate surface area is 196 Å². The first-order valence-electron chi connectivity index (χ1n) is 10.1. The first-order chi connectivity index (χ1) is 15.6. The van der Waals surface area contributed by atoms with Crippen molar-refractivity contribution in [1.29, 1.82) is 0 Å². The summed E-state index contributed by atoms with van der Waals surface area (Å²) >= 11 is 7.60. The molecule has 4 rings (SSSR count). The number of halogens is 1. The summed E-state index contributed by atoms with van der Waals surface area (Å²) in [6, 6.07) is 23.1. The molecule has 0 saturated heterocycles. The third-order valence-corrected chi connectivity index (χ3v) is 6.27. The molecule has 7 heteroatoms. The van der Waals surface area contributed by atoms with Crippen molar-refractivity contribution < 1.29 is 9.53 Å². The summed E-state index contributed by atoms with van der Waals surface area (Å²) in [5, 5.41) is 4.42. The van der Waals surface area contributed by atoms with E-state index < -0.39 is 0 Å². The number of hydrogen-bond acceptors (Lipinski definition) is 5. The molecule has 1 N–H and O–H groups in total. The Morgan fingerprint density at radius 1 is 1.00 bits per heavy atom. The lowest BCUT2D eigenvalue weighted by molar-refractivity contribution is -0.118. The fraction of sp³-hybridized carbons (Fsp3) is 0.160. The molecule has 0 saturated carbocycles. The minimum atomic E-state index is -0.0712. The number of aliphatic imine (C=N–C) groups is 2. The number of methoxy groups -OCH3 is 1. The summed E-state index contributed by atoms with van der Waals surface area (Å²) in [6.07, 6.45) is 0.545. The normalized spacial score (nSPS) is 12.8. The number of thioether (sulfide) groups is 1. The average Bonchev–Trinajstić information content (AvgIpc) is 3.01. The van der Waals surface area contributed by atoms with Gasteiger partial charge in [-0.05, 0) is 53.6 Å². The Bertz CT molecular complexity index is 1180. The Balaban J connectivity index is 1.47. The summed E-state index contributed by atoms with van der Waals surface area (Å²) in [7, 11) is 1.65. The van der Waals surface area contributed by atoms with Crippen LogP contribution >= 0.6 is 23.4 Å². The van der Waals surface area contributed by atoms with Gasteiger partial charge in [-0.1, -0.05) is 41.9 Å². The molecule has 1 heterocycles. The van der Waals surface area contributed by atoms with E-state index in [0.29, 0.717) is 18.0 Å². The Morgan fingerprint density at radius 2 is 1.69 bits per heavy atom. The second-order valence-electron chi connectivity index (χ2n) is 7.11. The molecule has 1 aliphatic heterocycles. The molecule has 3 aromatic rings. The second kappa shape index (κ2) is 10.5. The van der Waals surface area contributed by atoms with E-state index in [2.05, 4.69) is 5.32 Å². The van der Waals surface area contributed by atoms with Gasteiger partial charge < -0.3 is 10.1 Å². The van der Waals surface area contributed by atoms with Gasteiger partial charge in [0.05, 0.1) is 35.0 Å². The molecule has 32 heavy (non-hydrogen) atoms. The van der Waals surface area contributed by atoms with Gasteiger partial charge >= 0.3 is 0 Å². The van der Waals surface area contributed by atoms with E-state index in [1.165, 1.54) is 11.8 Å². The monoisotopic (exact) mass is 463 g/mol. The van der Waals surface area contributed by atoms with Gasteiger partial charge in [0.2, 0.25) is 5.91 Å². The van der Waals surface area contributed by atoms with Crippen LogP contribution in [-0.2, 0) is 11.3 Å². The van der Waals surface area contributed by atoms with Crippen LogP contribution in [0.5, 0.6) is 5.75 Å². The predicted octanol–water partition coefficient (Wildman–Crippen LogP) is 5.95. The van der Waals surface area contributed by atoms with Crippen molar-refractivity contribution in [2.45, 2.75) is 13.0 Å². The first kappa shape index (κ1) is 22.1. The Morgan fingerprint density at radius 3 is 2.41 bits per heavy atom. The lowest BCUT2D eigenvalue weighted by Gasteiger charge is -2.09. The van der Waals surface area contributed by atoms with Gasteiger partial charge in [0.15, 0.2) is 0 Å². The fourth-order valence-corrected chi connectivity index (χ4v) is 4.23. The highest BCUT2D eigenvalue weighted by Gasteiger charge is 2.17. The zero-order valence-electron chi connectivity index (χ0n) is 17.5. The molecular formula is C25H22ClN3O2S. The van der Waals surface area contributed by atoms with Crippen molar-refractivity contribution in [3.05, 3.63) is 88.9 Å². The minimum Gasteiger partial charge on any atom is -0.497 e. The Hall–Kier alpha value is -3.09. The van der Waals surface area contributed by atoms with Gasteiger partial charge in [0, 0.05) is 18.0 Å². The van der Waals surface area contributed by atoms with Crippen LogP contribution in [0.4, 0.5) is 11.4 Å². The summed E-state index contributed by atoms with van der Waals surface area (Å²) in [6.45, 7) is 0.396. The molecule has 0 bridgehead atoms. The van der Waals surface area contributed by atoms with Crippen LogP contribution in [-0.4, -0.2) is 29.5 Å². The van der Waals surface area contributed by atoms with Crippen LogP contribution in [0.1, 0.15) is 17.5 Å². The number of nitrogens with zero attached hydrogens (tertiary/aromatic N) is 2. The van der Waals surface area contributed by atoms with Crippen molar-refractivity contribution in [2.75, 3.05) is 12.9 Å². The van der Waals surface area contributed by atoms with E-state index in [9.17, 15) is 4.79 Å². The average molecular weight is 464 g/mol. The maximum Gasteiger partial charge on any atom is 0.230 e. The predicted molar refractivity (Wildman–Crippen MR) is 133 cm³/mol. The molecular weight excluding hydrogens is 442 g/mol. The van der Waals surface area contributed by atoms with Crippen molar-refractivity contribution in [1.82, 2.24) is 5.32 Å². The molecule has 162 valence electrons. The number of carbonyl (C=O) groups excluding carboxylic acids is 1. The molecule has 0 fully saturated rings. The van der Waals surface area contributed by atoms with Gasteiger partial charge in [0.25, 0.3) is 0 Å². The highest BCUT2D eigenvalue weighted by Crippen LogP contribution is 2.33. The van der Waals surface area contributed by atoms with Crippen molar-refractivity contribution in [2.24, 2.45) is 9.98 Å². The summed E-state index contributed by atoms with van der Waals surface area (Å²) in [5.74, 6) is 0.987. The number of nitrogens with one attached hydrogen (secondary N) is 1.